The van der Waals surface area contributed by atoms with Gasteiger partial charge in [-0.2, -0.15) is 0 Å². The van der Waals surface area contributed by atoms with Crippen LogP contribution in [0.15, 0.2) is 76.2 Å². The monoisotopic (exact) mass is 487 g/mol. The molecule has 1 heterocycles. The number of hydrogen-bond donors (Lipinski definition) is 1. The van der Waals surface area contributed by atoms with Crippen LogP contribution >= 0.6 is 11.8 Å². The lowest BCUT2D eigenvalue weighted by Gasteiger charge is -2.14. The van der Waals surface area contributed by atoms with Gasteiger partial charge in [0.25, 0.3) is 0 Å². The van der Waals surface area contributed by atoms with Crippen LogP contribution in [0.25, 0.3) is 27.7 Å². The van der Waals surface area contributed by atoms with E-state index in [2.05, 4.69) is 5.32 Å². The number of carbonyl (C=O) groups is 1. The molecule has 0 fully saturated rings. The lowest BCUT2D eigenvalue weighted by atomic mass is 9.96. The molecule has 0 unspecified atom stereocenters. The first kappa shape index (κ1) is 24.5. The van der Waals surface area contributed by atoms with E-state index < -0.39 is 0 Å². The summed E-state index contributed by atoms with van der Waals surface area (Å²) in [5.74, 6) is 1.33. The molecule has 1 amide bonds. The minimum absolute atomic E-state index is 0.192. The fourth-order valence-electron chi connectivity index (χ4n) is 4.18. The smallest absolute Gasteiger partial charge is 0.248 e. The lowest BCUT2D eigenvalue weighted by Crippen LogP contribution is -2.09. The fourth-order valence-corrected chi connectivity index (χ4v) is 4.74. The van der Waals surface area contributed by atoms with Crippen LogP contribution in [0.4, 0.5) is 5.69 Å². The maximum absolute atomic E-state index is 12.9. The van der Waals surface area contributed by atoms with Crippen molar-refractivity contribution in [1.29, 1.82) is 0 Å². The maximum Gasteiger partial charge on any atom is 0.248 e. The molecule has 4 rings (SSSR count). The van der Waals surface area contributed by atoms with Crippen LogP contribution in [0.1, 0.15) is 25.0 Å². The van der Waals surface area contributed by atoms with E-state index in [1.165, 1.54) is 0 Å². The average molecular weight is 488 g/mol. The number of nitrogens with one attached hydrogen (secondary N) is 1. The second-order valence-corrected chi connectivity index (χ2v) is 8.93. The highest BCUT2D eigenvalue weighted by Crippen LogP contribution is 2.41. The fraction of sp³-hybridized carbons (Fsp3) is 0.207. The van der Waals surface area contributed by atoms with Gasteiger partial charge in [-0.3, -0.25) is 4.79 Å². The minimum atomic E-state index is -0.192. The molecule has 6 heteroatoms. The van der Waals surface area contributed by atoms with Crippen molar-refractivity contribution in [2.45, 2.75) is 25.7 Å². The number of ether oxygens (including phenoxy) is 2. The number of furan rings is 1. The first-order valence-corrected chi connectivity index (χ1v) is 12.6. The Morgan fingerprint density at radius 1 is 1.14 bits per heavy atom. The molecule has 0 saturated carbocycles. The highest BCUT2D eigenvalue weighted by molar-refractivity contribution is 7.98. The van der Waals surface area contributed by atoms with E-state index in [0.717, 1.165) is 55.1 Å². The van der Waals surface area contributed by atoms with Gasteiger partial charge in [0.2, 0.25) is 5.91 Å². The number of rotatable bonds is 8. The Hall–Kier alpha value is -3.64. The van der Waals surface area contributed by atoms with E-state index in [9.17, 15) is 4.79 Å². The summed E-state index contributed by atoms with van der Waals surface area (Å²) in [6.45, 7) is 6.48. The summed E-state index contributed by atoms with van der Waals surface area (Å²) in [4.78, 5) is 13.9. The minimum Gasteiger partial charge on any atom is -0.496 e. The number of methoxy groups -OCH3 is 1. The molecule has 5 nitrogen and oxygen atoms in total. The van der Waals surface area contributed by atoms with Gasteiger partial charge < -0.3 is 19.2 Å². The quantitative estimate of drug-likeness (QED) is 0.205. The second-order valence-electron chi connectivity index (χ2n) is 8.08. The highest BCUT2D eigenvalue weighted by atomic mass is 32.2. The van der Waals surface area contributed by atoms with E-state index in [1.807, 2.05) is 81.6 Å². The zero-order valence-electron chi connectivity index (χ0n) is 20.6. The second kappa shape index (κ2) is 10.7. The Kier molecular flexibility index (Phi) is 7.51. The number of anilines is 1. The van der Waals surface area contributed by atoms with Gasteiger partial charge in [0.15, 0.2) is 0 Å². The topological polar surface area (TPSA) is 60.7 Å². The van der Waals surface area contributed by atoms with Crippen LogP contribution in [0.3, 0.4) is 0 Å². The van der Waals surface area contributed by atoms with Crippen molar-refractivity contribution in [2.24, 2.45) is 0 Å². The maximum atomic E-state index is 12.9. The van der Waals surface area contributed by atoms with Crippen molar-refractivity contribution in [3.8, 4) is 22.6 Å². The molecule has 0 aliphatic carbocycles. The van der Waals surface area contributed by atoms with Crippen molar-refractivity contribution in [3.63, 3.8) is 0 Å². The SMILES string of the molecule is CCOc1ccc(-c2coc3c(C)c(OC)c(/C(C)=C/C(=O)Nc4ccccc4SC)cc23)cc1. The van der Waals surface area contributed by atoms with Crippen molar-refractivity contribution in [3.05, 3.63) is 78.1 Å². The van der Waals surface area contributed by atoms with Crippen LogP contribution in [-0.2, 0) is 4.79 Å². The number of hydrogen-bond acceptors (Lipinski definition) is 5. The number of para-hydroxylation sites is 1. The molecule has 1 aromatic heterocycles. The molecule has 0 aliphatic heterocycles. The summed E-state index contributed by atoms with van der Waals surface area (Å²) in [5.41, 5.74) is 6.08. The molecule has 0 aliphatic rings. The van der Waals surface area contributed by atoms with E-state index in [1.54, 1.807) is 31.2 Å². The van der Waals surface area contributed by atoms with Crippen LogP contribution in [0.2, 0.25) is 0 Å². The molecule has 1 N–H and O–H groups in total. The Morgan fingerprint density at radius 3 is 2.57 bits per heavy atom. The van der Waals surface area contributed by atoms with E-state index in [4.69, 9.17) is 13.9 Å². The van der Waals surface area contributed by atoms with Gasteiger partial charge in [0, 0.05) is 33.0 Å². The standard InChI is InChI=1S/C29H29NO4S/c1-6-33-21-13-11-20(12-14-21)24-17-34-29-19(3)28(32-4)22(16-23(24)29)18(2)15-27(31)30-25-9-7-8-10-26(25)35-5/h7-17H,6H2,1-5H3,(H,30,31)/b18-15+. The molecule has 0 bridgehead atoms. The first-order valence-electron chi connectivity index (χ1n) is 11.4. The van der Waals surface area contributed by atoms with Crippen molar-refractivity contribution >= 4 is 39.9 Å². The van der Waals surface area contributed by atoms with Crippen molar-refractivity contribution < 1.29 is 18.7 Å². The van der Waals surface area contributed by atoms with Gasteiger partial charge in [-0.1, -0.05) is 24.3 Å². The molecule has 3 aromatic carbocycles. The summed E-state index contributed by atoms with van der Waals surface area (Å²) < 4.78 is 17.3. The van der Waals surface area contributed by atoms with E-state index >= 15 is 0 Å². The molecule has 0 saturated heterocycles. The van der Waals surface area contributed by atoms with Gasteiger partial charge in [-0.05, 0) is 68.5 Å². The van der Waals surface area contributed by atoms with Gasteiger partial charge >= 0.3 is 0 Å². The predicted octanol–water partition coefficient (Wildman–Crippen LogP) is 7.58. The Balaban J connectivity index is 1.73. The third-order valence-electron chi connectivity index (χ3n) is 5.86. The number of benzene rings is 3. The Bertz CT molecular complexity index is 1390. The molecular formula is C29H29NO4S. The van der Waals surface area contributed by atoms with E-state index in [-0.39, 0.29) is 5.91 Å². The van der Waals surface area contributed by atoms with Crippen LogP contribution in [0.5, 0.6) is 11.5 Å². The predicted molar refractivity (Wildman–Crippen MR) is 145 cm³/mol. The zero-order chi connectivity index (χ0) is 24.9. The number of fused-ring (bicyclic) bond motifs is 1. The van der Waals surface area contributed by atoms with Crippen molar-refractivity contribution in [1.82, 2.24) is 0 Å². The molecule has 0 atom stereocenters. The van der Waals surface area contributed by atoms with Crippen LogP contribution in [0, 0.1) is 6.92 Å². The van der Waals surface area contributed by atoms with Gasteiger partial charge in [0.05, 0.1) is 25.7 Å². The number of allylic oxidation sites excluding steroid dienone is 1. The summed E-state index contributed by atoms with van der Waals surface area (Å²) in [7, 11) is 1.63. The summed E-state index contributed by atoms with van der Waals surface area (Å²) in [6.07, 6.45) is 5.36. The van der Waals surface area contributed by atoms with Crippen molar-refractivity contribution in [2.75, 3.05) is 25.3 Å². The third kappa shape index (κ3) is 5.08. The summed E-state index contributed by atoms with van der Waals surface area (Å²) in [5, 5.41) is 3.95. The van der Waals surface area contributed by atoms with Gasteiger partial charge in [0.1, 0.15) is 17.1 Å². The molecule has 35 heavy (non-hydrogen) atoms. The first-order chi connectivity index (χ1) is 17.0. The molecule has 0 spiro atoms. The number of thioether (sulfide) groups is 1. The van der Waals surface area contributed by atoms with Gasteiger partial charge in [-0.25, -0.2) is 0 Å². The third-order valence-corrected chi connectivity index (χ3v) is 6.66. The molecule has 4 aromatic rings. The van der Waals surface area contributed by atoms with E-state index in [0.29, 0.717) is 12.4 Å². The van der Waals surface area contributed by atoms with Crippen LogP contribution in [-0.4, -0.2) is 25.9 Å². The highest BCUT2D eigenvalue weighted by Gasteiger charge is 2.19. The van der Waals surface area contributed by atoms with Gasteiger partial charge in [-0.15, -0.1) is 11.8 Å². The number of carbonyl (C=O) groups excluding carboxylic acids is 1. The molecular weight excluding hydrogens is 458 g/mol. The Labute approximate surface area is 210 Å². The summed E-state index contributed by atoms with van der Waals surface area (Å²) in [6, 6.07) is 17.7. The number of aryl methyl sites for hydroxylation is 1. The number of amides is 1. The summed E-state index contributed by atoms with van der Waals surface area (Å²) >= 11 is 1.59. The average Bonchev–Trinajstić information content (AvgIpc) is 3.29. The molecule has 180 valence electrons. The lowest BCUT2D eigenvalue weighted by molar-refractivity contribution is -0.111. The van der Waals surface area contributed by atoms with Crippen LogP contribution < -0.4 is 14.8 Å². The normalized spacial score (nSPS) is 11.5. The largest absolute Gasteiger partial charge is 0.496 e. The Morgan fingerprint density at radius 2 is 1.89 bits per heavy atom. The molecule has 0 radical (unpaired) electrons. The zero-order valence-corrected chi connectivity index (χ0v) is 21.4.